The SMILES string of the molecule is C[SiH](C)[Ti+2][N](C1C=Cc2ccccc21)C(C)(C)C.[Cl-].[Cl-]. The van der Waals surface area contributed by atoms with Crippen molar-refractivity contribution in [1.82, 2.24) is 3.38 Å². The molecule has 0 heterocycles. The standard InChI is InChI=1S/C13H16N.C2H7Si.2ClH.Ti/c1-13(2,3)14-12-9-8-10-6-4-5-7-11(10)12;1-3-2;;;/h4-9,12H,1-3H3;3H,1-2H3;2*1H;/q-1;;;;+3/p-2. The molecule has 0 aliphatic heterocycles. The van der Waals surface area contributed by atoms with Gasteiger partial charge >= 0.3 is 122 Å². The summed E-state index contributed by atoms with van der Waals surface area (Å²) >= 11 is 0.0442. The molecule has 0 amide bonds. The monoisotopic (exact) mass is 363 g/mol. The second-order valence-corrected chi connectivity index (χ2v) is 16.2. The molecule has 20 heavy (non-hydrogen) atoms. The predicted molar refractivity (Wildman–Crippen MR) is 78.7 cm³/mol. The summed E-state index contributed by atoms with van der Waals surface area (Å²) in [5.74, 6) is 0. The van der Waals surface area contributed by atoms with Crippen molar-refractivity contribution >= 4 is 12.7 Å². The van der Waals surface area contributed by atoms with E-state index in [0.717, 1.165) is 0 Å². The van der Waals surface area contributed by atoms with E-state index in [1.165, 1.54) is 11.1 Å². The van der Waals surface area contributed by atoms with Gasteiger partial charge in [0.05, 0.1) is 0 Å². The van der Waals surface area contributed by atoms with Crippen LogP contribution in [0.5, 0.6) is 0 Å². The number of nitrogens with zero attached hydrogens (tertiary/aromatic N) is 1. The molecule has 1 aromatic carbocycles. The van der Waals surface area contributed by atoms with E-state index in [-0.39, 0.29) is 49.0 Å². The molecule has 0 aromatic heterocycles. The molecule has 1 atom stereocenters. The Balaban J connectivity index is 0.00000180. The number of hydrogen-bond acceptors (Lipinski definition) is 1. The van der Waals surface area contributed by atoms with Crippen LogP contribution in [-0.2, 0) is 18.7 Å². The molecule has 110 valence electrons. The molecule has 0 bridgehead atoms. The second kappa shape index (κ2) is 8.17. The Morgan fingerprint density at radius 2 is 1.70 bits per heavy atom. The summed E-state index contributed by atoms with van der Waals surface area (Å²) < 4.78 is 2.80. The van der Waals surface area contributed by atoms with Crippen LogP contribution in [0.2, 0.25) is 13.1 Å². The first-order valence-electron chi connectivity index (χ1n) is 6.72. The summed E-state index contributed by atoms with van der Waals surface area (Å²) in [6, 6.07) is 9.37. The maximum Gasteiger partial charge on any atom is -1.00 e. The van der Waals surface area contributed by atoms with Gasteiger partial charge < -0.3 is 24.8 Å². The van der Waals surface area contributed by atoms with E-state index in [4.69, 9.17) is 0 Å². The summed E-state index contributed by atoms with van der Waals surface area (Å²) in [6.45, 7) is 11.6. The summed E-state index contributed by atoms with van der Waals surface area (Å²) in [5.41, 5.74) is 3.20. The van der Waals surface area contributed by atoms with Crippen molar-refractivity contribution in [1.29, 1.82) is 0 Å². The maximum atomic E-state index is 2.80. The van der Waals surface area contributed by atoms with Crippen LogP contribution in [-0.4, -0.2) is 15.6 Å². The van der Waals surface area contributed by atoms with Gasteiger partial charge in [-0.2, -0.15) is 0 Å². The summed E-state index contributed by atoms with van der Waals surface area (Å²) in [4.78, 5) is 0. The van der Waals surface area contributed by atoms with Gasteiger partial charge in [0.15, 0.2) is 0 Å². The van der Waals surface area contributed by atoms with Gasteiger partial charge in [-0.25, -0.2) is 0 Å². The van der Waals surface area contributed by atoms with E-state index in [1.807, 2.05) is 0 Å². The third kappa shape index (κ3) is 4.72. The number of hydrogen-bond donors (Lipinski definition) is 0. The van der Waals surface area contributed by atoms with Gasteiger partial charge in [0, 0.05) is 0 Å². The fourth-order valence-electron chi connectivity index (χ4n) is 2.43. The Kier molecular flexibility index (Phi) is 8.34. The smallest absolute Gasteiger partial charge is 1.00 e. The van der Waals surface area contributed by atoms with Gasteiger partial charge in [0.25, 0.3) is 0 Å². The van der Waals surface area contributed by atoms with E-state index >= 15 is 0 Å². The van der Waals surface area contributed by atoms with E-state index in [0.29, 0.717) is 6.04 Å². The summed E-state index contributed by atoms with van der Waals surface area (Å²) in [7, 11) is 0. The molecular formula is C15H23Cl2NSiTi. The van der Waals surface area contributed by atoms with Gasteiger partial charge in [-0.3, -0.25) is 0 Å². The Labute approximate surface area is 146 Å². The molecule has 0 fully saturated rings. The number of halogens is 2. The zero-order valence-electron chi connectivity index (χ0n) is 12.8. The Bertz CT molecular complexity index is 457. The minimum atomic E-state index is -0.482. The first kappa shape index (κ1) is 20.4. The van der Waals surface area contributed by atoms with E-state index in [9.17, 15) is 0 Å². The van der Waals surface area contributed by atoms with E-state index < -0.39 is 6.66 Å². The molecule has 0 N–H and O–H groups in total. The van der Waals surface area contributed by atoms with Crippen LogP contribution in [0.3, 0.4) is 0 Å². The number of rotatable bonds is 3. The first-order chi connectivity index (χ1) is 8.39. The molecule has 1 unspecified atom stereocenters. The van der Waals surface area contributed by atoms with Gasteiger partial charge in [0.2, 0.25) is 0 Å². The van der Waals surface area contributed by atoms with Crippen molar-refractivity contribution in [2.75, 3.05) is 0 Å². The van der Waals surface area contributed by atoms with Crippen LogP contribution < -0.4 is 24.8 Å². The maximum absolute atomic E-state index is 2.80. The first-order valence-corrected chi connectivity index (χ1v) is 13.0. The minimum absolute atomic E-state index is 0. The molecule has 1 nitrogen and oxygen atoms in total. The zero-order chi connectivity index (χ0) is 13.3. The van der Waals surface area contributed by atoms with Crippen molar-refractivity contribution < 1.29 is 43.5 Å². The van der Waals surface area contributed by atoms with Crippen LogP contribution >= 0.6 is 0 Å². The molecule has 2 rings (SSSR count). The van der Waals surface area contributed by atoms with Crippen LogP contribution in [0.1, 0.15) is 37.9 Å². The van der Waals surface area contributed by atoms with Crippen molar-refractivity contribution in [2.24, 2.45) is 0 Å². The number of benzene rings is 1. The molecule has 1 aliphatic rings. The summed E-state index contributed by atoms with van der Waals surface area (Å²) in [5, 5.41) is 0. The molecule has 1 aliphatic carbocycles. The summed E-state index contributed by atoms with van der Waals surface area (Å²) in [6.07, 6.45) is 4.70. The normalized spacial score (nSPS) is 16.4. The molecule has 0 spiro atoms. The Hall–Kier alpha value is 0.431. The molecule has 1 aromatic rings. The van der Waals surface area contributed by atoms with Crippen LogP contribution in [0.25, 0.3) is 6.08 Å². The third-order valence-electron chi connectivity index (χ3n) is 3.17. The van der Waals surface area contributed by atoms with Crippen molar-refractivity contribution in [3.05, 3.63) is 41.5 Å². The molecule has 0 radical (unpaired) electrons. The van der Waals surface area contributed by atoms with Crippen molar-refractivity contribution in [3.63, 3.8) is 0 Å². The van der Waals surface area contributed by atoms with Gasteiger partial charge in [-0.05, 0) is 0 Å². The average molecular weight is 364 g/mol. The van der Waals surface area contributed by atoms with Gasteiger partial charge in [0.1, 0.15) is 0 Å². The fraction of sp³-hybridized carbons (Fsp3) is 0.467. The van der Waals surface area contributed by atoms with Crippen LogP contribution in [0, 0.1) is 0 Å². The third-order valence-corrected chi connectivity index (χ3v) is 9.17. The number of fused-ring (bicyclic) bond motifs is 1. The van der Waals surface area contributed by atoms with Gasteiger partial charge in [-0.1, -0.05) is 0 Å². The van der Waals surface area contributed by atoms with E-state index in [2.05, 4.69) is 73.7 Å². The topological polar surface area (TPSA) is 3.24 Å². The van der Waals surface area contributed by atoms with Gasteiger partial charge in [-0.15, -0.1) is 0 Å². The molecular weight excluding hydrogens is 341 g/mol. The quantitative estimate of drug-likeness (QED) is 0.553. The minimum Gasteiger partial charge on any atom is -1.00 e. The van der Waals surface area contributed by atoms with Crippen molar-refractivity contribution in [2.45, 2.75) is 45.4 Å². The largest absolute Gasteiger partial charge is 1.00 e. The van der Waals surface area contributed by atoms with Crippen molar-refractivity contribution in [3.8, 4) is 0 Å². The van der Waals surface area contributed by atoms with Crippen LogP contribution in [0.4, 0.5) is 0 Å². The van der Waals surface area contributed by atoms with Crippen LogP contribution in [0.15, 0.2) is 30.3 Å². The molecule has 5 heteroatoms. The second-order valence-electron chi connectivity index (χ2n) is 6.26. The predicted octanol–water partition coefficient (Wildman–Crippen LogP) is -2.16. The Morgan fingerprint density at radius 1 is 1.10 bits per heavy atom. The average Bonchev–Trinajstić information content (AvgIpc) is 2.67. The Morgan fingerprint density at radius 3 is 2.25 bits per heavy atom. The molecule has 0 saturated carbocycles. The fourth-order valence-corrected chi connectivity index (χ4v) is 9.05. The zero-order valence-corrected chi connectivity index (χ0v) is 17.1. The molecule has 0 saturated heterocycles. The van der Waals surface area contributed by atoms with E-state index in [1.54, 1.807) is 0 Å².